The first-order valence-electron chi connectivity index (χ1n) is 8.97. The van der Waals surface area contributed by atoms with Crippen molar-refractivity contribution in [3.63, 3.8) is 0 Å². The third kappa shape index (κ3) is 8.26. The molecule has 6 nitrogen and oxygen atoms in total. The van der Waals surface area contributed by atoms with Gasteiger partial charge in [0.05, 0.1) is 0 Å². The van der Waals surface area contributed by atoms with Crippen molar-refractivity contribution in [1.82, 2.24) is 15.1 Å². The van der Waals surface area contributed by atoms with Crippen molar-refractivity contribution in [2.24, 2.45) is 4.99 Å². The molecule has 0 bridgehead atoms. The molecule has 0 saturated carbocycles. The van der Waals surface area contributed by atoms with Gasteiger partial charge in [0.25, 0.3) is 5.91 Å². The van der Waals surface area contributed by atoms with Gasteiger partial charge in [-0.2, -0.15) is 0 Å². The zero-order valence-corrected chi connectivity index (χ0v) is 19.5. The van der Waals surface area contributed by atoms with Crippen molar-refractivity contribution in [3.05, 3.63) is 65.5 Å². The maximum absolute atomic E-state index is 13.4. The van der Waals surface area contributed by atoms with Gasteiger partial charge >= 0.3 is 0 Å². The van der Waals surface area contributed by atoms with Gasteiger partial charge in [0, 0.05) is 41.3 Å². The van der Waals surface area contributed by atoms with E-state index in [1.807, 2.05) is 42.3 Å². The van der Waals surface area contributed by atoms with E-state index in [-0.39, 0.29) is 42.3 Å². The second kappa shape index (κ2) is 12.3. The number of carbonyl (C=O) groups is 1. The second-order valence-electron chi connectivity index (χ2n) is 6.61. The van der Waals surface area contributed by atoms with Gasteiger partial charge in [-0.25, -0.2) is 4.39 Å². The molecule has 0 spiro atoms. The topological polar surface area (TPSA) is 57.2 Å². The lowest BCUT2D eigenvalue weighted by Gasteiger charge is -2.22. The molecule has 2 aromatic carbocycles. The standard InChI is InChI=1S/C21H27FN4O2.HI/c1-23-21(26(4)14-17-8-5-9-18(22)11-17)24-13-16-7-6-10-19(12-16)28-15-20(27)25(2)3;/h5-12H,13-15H2,1-4H3,(H,23,24);1H. The Kier molecular flexibility index (Phi) is 10.4. The van der Waals surface area contributed by atoms with Crippen molar-refractivity contribution in [2.75, 3.05) is 34.8 Å². The maximum atomic E-state index is 13.4. The lowest BCUT2D eigenvalue weighted by Crippen LogP contribution is -2.38. The number of halogens is 2. The van der Waals surface area contributed by atoms with Crippen LogP contribution >= 0.6 is 24.0 Å². The number of hydrogen-bond donors (Lipinski definition) is 1. The molecule has 2 rings (SSSR count). The summed E-state index contributed by atoms with van der Waals surface area (Å²) in [6.07, 6.45) is 0. The Morgan fingerprint density at radius 3 is 2.45 bits per heavy atom. The summed E-state index contributed by atoms with van der Waals surface area (Å²) < 4.78 is 18.9. The molecule has 0 aliphatic heterocycles. The Morgan fingerprint density at radius 1 is 1.10 bits per heavy atom. The van der Waals surface area contributed by atoms with Crippen LogP contribution in [-0.4, -0.2) is 56.5 Å². The lowest BCUT2D eigenvalue weighted by molar-refractivity contribution is -0.130. The van der Waals surface area contributed by atoms with Crippen molar-refractivity contribution in [2.45, 2.75) is 13.1 Å². The zero-order valence-electron chi connectivity index (χ0n) is 17.2. The highest BCUT2D eigenvalue weighted by molar-refractivity contribution is 14.0. The van der Waals surface area contributed by atoms with Crippen LogP contribution in [0.5, 0.6) is 5.75 Å². The van der Waals surface area contributed by atoms with Crippen molar-refractivity contribution < 1.29 is 13.9 Å². The van der Waals surface area contributed by atoms with E-state index in [1.165, 1.54) is 17.0 Å². The average molecular weight is 514 g/mol. The summed E-state index contributed by atoms with van der Waals surface area (Å²) in [7, 11) is 6.99. The van der Waals surface area contributed by atoms with E-state index < -0.39 is 0 Å². The number of amides is 1. The van der Waals surface area contributed by atoms with E-state index in [2.05, 4.69) is 10.3 Å². The molecule has 0 aliphatic carbocycles. The summed E-state index contributed by atoms with van der Waals surface area (Å²) in [4.78, 5) is 19.3. The first-order valence-corrected chi connectivity index (χ1v) is 8.97. The molecule has 0 fully saturated rings. The minimum atomic E-state index is -0.251. The van der Waals surface area contributed by atoms with E-state index >= 15 is 0 Å². The van der Waals surface area contributed by atoms with Crippen LogP contribution in [-0.2, 0) is 17.9 Å². The summed E-state index contributed by atoms with van der Waals surface area (Å²) in [6, 6.07) is 14.1. The normalized spacial score (nSPS) is 10.7. The Bertz CT molecular complexity index is 830. The van der Waals surface area contributed by atoms with Gasteiger partial charge in [0.2, 0.25) is 0 Å². The predicted molar refractivity (Wildman–Crippen MR) is 124 cm³/mol. The highest BCUT2D eigenvalue weighted by Gasteiger charge is 2.08. The summed E-state index contributed by atoms with van der Waals surface area (Å²) >= 11 is 0. The van der Waals surface area contributed by atoms with Crippen molar-refractivity contribution in [1.29, 1.82) is 0 Å². The molecular formula is C21H28FIN4O2. The van der Waals surface area contributed by atoms with Crippen LogP contribution in [0.25, 0.3) is 0 Å². The maximum Gasteiger partial charge on any atom is 0.259 e. The third-order valence-electron chi connectivity index (χ3n) is 4.09. The Morgan fingerprint density at radius 2 is 1.79 bits per heavy atom. The third-order valence-corrected chi connectivity index (χ3v) is 4.09. The molecular weight excluding hydrogens is 486 g/mol. The Hall–Kier alpha value is -2.36. The van der Waals surface area contributed by atoms with Crippen molar-refractivity contribution >= 4 is 35.8 Å². The highest BCUT2D eigenvalue weighted by Crippen LogP contribution is 2.13. The van der Waals surface area contributed by atoms with E-state index in [1.54, 1.807) is 27.2 Å². The number of ether oxygens (including phenoxy) is 1. The van der Waals surface area contributed by atoms with Crippen molar-refractivity contribution in [3.8, 4) is 5.75 Å². The monoisotopic (exact) mass is 514 g/mol. The number of nitrogens with one attached hydrogen (secondary N) is 1. The molecule has 0 unspecified atom stereocenters. The summed E-state index contributed by atoms with van der Waals surface area (Å²) in [5, 5.41) is 3.28. The Labute approximate surface area is 188 Å². The fourth-order valence-corrected chi connectivity index (χ4v) is 2.57. The summed E-state index contributed by atoms with van der Waals surface area (Å²) in [6.45, 7) is 1.08. The fourth-order valence-electron chi connectivity index (χ4n) is 2.57. The minimum Gasteiger partial charge on any atom is -0.484 e. The van der Waals surface area contributed by atoms with E-state index in [0.29, 0.717) is 24.8 Å². The van der Waals surface area contributed by atoms with Gasteiger partial charge in [-0.05, 0) is 35.4 Å². The largest absolute Gasteiger partial charge is 0.484 e. The van der Waals surface area contributed by atoms with Gasteiger partial charge in [-0.1, -0.05) is 24.3 Å². The number of guanidine groups is 1. The molecule has 8 heteroatoms. The average Bonchev–Trinajstić information content (AvgIpc) is 2.66. The minimum absolute atomic E-state index is 0. The smallest absolute Gasteiger partial charge is 0.259 e. The van der Waals surface area contributed by atoms with Gasteiger partial charge in [0.1, 0.15) is 11.6 Å². The van der Waals surface area contributed by atoms with Crippen LogP contribution in [0.3, 0.4) is 0 Å². The number of aliphatic imine (C=N–C) groups is 1. The Balaban J connectivity index is 0.00000420. The summed E-state index contributed by atoms with van der Waals surface area (Å²) in [5.74, 6) is 0.984. The SMILES string of the molecule is CN=C(NCc1cccc(OCC(=O)N(C)C)c1)N(C)Cc1cccc(F)c1.I. The molecule has 0 heterocycles. The molecule has 0 aliphatic rings. The van der Waals surface area contributed by atoms with Crippen LogP contribution in [0.4, 0.5) is 4.39 Å². The predicted octanol–water partition coefficient (Wildman–Crippen LogP) is 3.12. The molecule has 2 aromatic rings. The number of nitrogens with zero attached hydrogens (tertiary/aromatic N) is 3. The number of rotatable bonds is 7. The van der Waals surface area contributed by atoms with Gasteiger partial charge in [-0.15, -0.1) is 24.0 Å². The van der Waals surface area contributed by atoms with Crippen LogP contribution in [0, 0.1) is 5.82 Å². The van der Waals surface area contributed by atoms with E-state index in [4.69, 9.17) is 4.74 Å². The molecule has 29 heavy (non-hydrogen) atoms. The van der Waals surface area contributed by atoms with E-state index in [9.17, 15) is 9.18 Å². The van der Waals surface area contributed by atoms with Crippen LogP contribution in [0.1, 0.15) is 11.1 Å². The van der Waals surface area contributed by atoms with Crippen LogP contribution < -0.4 is 10.1 Å². The fraction of sp³-hybridized carbons (Fsp3) is 0.333. The molecule has 158 valence electrons. The molecule has 0 aromatic heterocycles. The van der Waals surface area contributed by atoms with Gasteiger partial charge in [0.15, 0.2) is 12.6 Å². The summed E-state index contributed by atoms with van der Waals surface area (Å²) in [5.41, 5.74) is 1.86. The van der Waals surface area contributed by atoms with Gasteiger partial charge < -0.3 is 19.9 Å². The van der Waals surface area contributed by atoms with Crippen LogP contribution in [0.2, 0.25) is 0 Å². The number of hydrogen-bond acceptors (Lipinski definition) is 3. The van der Waals surface area contributed by atoms with Gasteiger partial charge in [-0.3, -0.25) is 9.79 Å². The molecule has 0 atom stereocenters. The first kappa shape index (κ1) is 24.7. The number of benzene rings is 2. The van der Waals surface area contributed by atoms with E-state index in [0.717, 1.165) is 11.1 Å². The zero-order chi connectivity index (χ0) is 20.5. The highest BCUT2D eigenvalue weighted by atomic mass is 127. The first-order chi connectivity index (χ1) is 13.4. The number of carbonyl (C=O) groups excluding carboxylic acids is 1. The molecule has 0 saturated heterocycles. The molecule has 1 N–H and O–H groups in total. The second-order valence-corrected chi connectivity index (χ2v) is 6.61. The molecule has 0 radical (unpaired) electrons. The van der Waals surface area contributed by atoms with Crippen LogP contribution in [0.15, 0.2) is 53.5 Å². The number of likely N-dealkylation sites (N-methyl/N-ethyl adjacent to an activating group) is 1. The lowest BCUT2D eigenvalue weighted by atomic mass is 10.2. The molecule has 1 amide bonds. The quantitative estimate of drug-likeness (QED) is 0.351.